The van der Waals surface area contributed by atoms with E-state index in [0.29, 0.717) is 32.8 Å². The van der Waals surface area contributed by atoms with Crippen LogP contribution in [0.2, 0.25) is 0 Å². The van der Waals surface area contributed by atoms with E-state index in [-0.39, 0.29) is 6.10 Å². The van der Waals surface area contributed by atoms with Crippen LogP contribution in [-0.4, -0.2) is 63.0 Å². The molecular formula is C10H23N3O3S. The molecule has 7 heteroatoms. The predicted octanol–water partition coefficient (Wildman–Crippen LogP) is -0.377. The number of hydrogen-bond acceptors (Lipinski definition) is 4. The Balaban J connectivity index is 2.62. The first kappa shape index (κ1) is 14.8. The van der Waals surface area contributed by atoms with E-state index < -0.39 is 10.2 Å². The number of ether oxygens (including phenoxy) is 1. The molecule has 0 aromatic heterocycles. The number of nitrogens with two attached hydrogens (primary N) is 1. The lowest BCUT2D eigenvalue weighted by Crippen LogP contribution is -2.52. The fraction of sp³-hybridized carbons (Fsp3) is 1.00. The Morgan fingerprint density at radius 1 is 1.53 bits per heavy atom. The van der Waals surface area contributed by atoms with Gasteiger partial charge in [-0.05, 0) is 6.42 Å². The number of nitrogens with zero attached hydrogens (tertiary/aromatic N) is 2. The molecule has 1 heterocycles. The Morgan fingerprint density at radius 3 is 2.82 bits per heavy atom. The number of unbranched alkanes of at least 4 members (excludes halogenated alkanes) is 1. The van der Waals surface area contributed by atoms with Crippen LogP contribution in [0, 0.1) is 0 Å². The molecule has 0 aliphatic carbocycles. The van der Waals surface area contributed by atoms with Gasteiger partial charge in [-0.2, -0.15) is 17.0 Å². The molecule has 17 heavy (non-hydrogen) atoms. The minimum atomic E-state index is -3.35. The van der Waals surface area contributed by atoms with Crippen molar-refractivity contribution in [1.82, 2.24) is 8.61 Å². The Bertz CT molecular complexity index is 321. The maximum absolute atomic E-state index is 12.2. The van der Waals surface area contributed by atoms with E-state index in [1.165, 1.54) is 8.61 Å². The van der Waals surface area contributed by atoms with Crippen molar-refractivity contribution in [2.75, 3.05) is 39.8 Å². The second-order valence-corrected chi connectivity index (χ2v) is 6.30. The zero-order valence-electron chi connectivity index (χ0n) is 10.6. The van der Waals surface area contributed by atoms with Gasteiger partial charge in [-0.3, -0.25) is 0 Å². The van der Waals surface area contributed by atoms with E-state index in [1.54, 1.807) is 7.05 Å². The smallest absolute Gasteiger partial charge is 0.281 e. The summed E-state index contributed by atoms with van der Waals surface area (Å²) in [5.41, 5.74) is 5.50. The standard InChI is InChI=1S/C10H23N3O3S/c1-3-4-5-12(2)17(14,15)13-6-7-16-10(8-11)9-13/h10H,3-9,11H2,1-2H3. The third-order valence-electron chi connectivity index (χ3n) is 2.91. The Labute approximate surface area is 104 Å². The van der Waals surface area contributed by atoms with Crippen molar-refractivity contribution in [3.63, 3.8) is 0 Å². The average molecular weight is 265 g/mol. The molecule has 1 unspecified atom stereocenters. The Morgan fingerprint density at radius 2 is 2.24 bits per heavy atom. The van der Waals surface area contributed by atoms with Gasteiger partial charge in [0, 0.05) is 33.2 Å². The van der Waals surface area contributed by atoms with Gasteiger partial charge >= 0.3 is 0 Å². The lowest BCUT2D eigenvalue weighted by Gasteiger charge is -2.34. The second kappa shape index (κ2) is 6.65. The van der Waals surface area contributed by atoms with Gasteiger partial charge in [-0.1, -0.05) is 13.3 Å². The first-order valence-electron chi connectivity index (χ1n) is 6.05. The molecule has 1 aliphatic heterocycles. The highest BCUT2D eigenvalue weighted by Crippen LogP contribution is 2.13. The van der Waals surface area contributed by atoms with Crippen molar-refractivity contribution in [3.8, 4) is 0 Å². The van der Waals surface area contributed by atoms with Crippen molar-refractivity contribution in [3.05, 3.63) is 0 Å². The number of hydrogen-bond donors (Lipinski definition) is 1. The average Bonchev–Trinajstić information content (AvgIpc) is 2.35. The van der Waals surface area contributed by atoms with Crippen LogP contribution in [0.1, 0.15) is 19.8 Å². The fourth-order valence-corrected chi connectivity index (χ4v) is 3.15. The topological polar surface area (TPSA) is 75.9 Å². The normalized spacial score (nSPS) is 23.2. The molecule has 6 nitrogen and oxygen atoms in total. The van der Waals surface area contributed by atoms with Gasteiger partial charge in [0.25, 0.3) is 10.2 Å². The minimum absolute atomic E-state index is 0.182. The lowest BCUT2D eigenvalue weighted by molar-refractivity contribution is 0.00294. The van der Waals surface area contributed by atoms with Crippen LogP contribution in [0.3, 0.4) is 0 Å². The summed E-state index contributed by atoms with van der Waals surface area (Å²) in [6, 6.07) is 0. The van der Waals surface area contributed by atoms with Crippen molar-refractivity contribution in [1.29, 1.82) is 0 Å². The summed E-state index contributed by atoms with van der Waals surface area (Å²) in [6.45, 7) is 4.14. The lowest BCUT2D eigenvalue weighted by atomic mass is 10.3. The molecule has 0 spiro atoms. The van der Waals surface area contributed by atoms with Crippen molar-refractivity contribution < 1.29 is 13.2 Å². The van der Waals surface area contributed by atoms with Gasteiger partial charge in [0.2, 0.25) is 0 Å². The molecule has 0 saturated carbocycles. The second-order valence-electron chi connectivity index (χ2n) is 4.27. The van der Waals surface area contributed by atoms with E-state index in [1.807, 2.05) is 6.92 Å². The largest absolute Gasteiger partial charge is 0.374 e. The molecule has 0 aromatic carbocycles. The van der Waals surface area contributed by atoms with Gasteiger partial charge in [0.1, 0.15) is 0 Å². The number of rotatable bonds is 6. The van der Waals surface area contributed by atoms with E-state index in [2.05, 4.69) is 0 Å². The molecular weight excluding hydrogens is 242 g/mol. The monoisotopic (exact) mass is 265 g/mol. The molecule has 0 bridgehead atoms. The molecule has 0 aromatic rings. The predicted molar refractivity (Wildman–Crippen MR) is 66.8 cm³/mol. The fourth-order valence-electron chi connectivity index (χ4n) is 1.74. The van der Waals surface area contributed by atoms with E-state index in [0.717, 1.165) is 12.8 Å². The maximum Gasteiger partial charge on any atom is 0.281 e. The molecule has 2 N–H and O–H groups in total. The van der Waals surface area contributed by atoms with E-state index in [4.69, 9.17) is 10.5 Å². The van der Waals surface area contributed by atoms with Crippen molar-refractivity contribution in [2.45, 2.75) is 25.9 Å². The van der Waals surface area contributed by atoms with Gasteiger partial charge < -0.3 is 10.5 Å². The van der Waals surface area contributed by atoms with Gasteiger partial charge in [-0.15, -0.1) is 0 Å². The van der Waals surface area contributed by atoms with Crippen LogP contribution < -0.4 is 5.73 Å². The molecule has 0 radical (unpaired) electrons. The summed E-state index contributed by atoms with van der Waals surface area (Å²) in [5.74, 6) is 0. The number of morpholine rings is 1. The van der Waals surface area contributed by atoms with Crippen LogP contribution >= 0.6 is 0 Å². The van der Waals surface area contributed by atoms with Crippen LogP contribution in [0.4, 0.5) is 0 Å². The van der Waals surface area contributed by atoms with Crippen LogP contribution in [0.15, 0.2) is 0 Å². The zero-order chi connectivity index (χ0) is 12.9. The van der Waals surface area contributed by atoms with Gasteiger partial charge in [0.15, 0.2) is 0 Å². The molecule has 1 fully saturated rings. The third-order valence-corrected chi connectivity index (χ3v) is 4.87. The first-order valence-corrected chi connectivity index (χ1v) is 7.45. The maximum atomic E-state index is 12.2. The molecule has 1 rings (SSSR count). The summed E-state index contributed by atoms with van der Waals surface area (Å²) in [6.07, 6.45) is 1.67. The Kier molecular flexibility index (Phi) is 5.81. The Hall–Kier alpha value is -0.210. The van der Waals surface area contributed by atoms with Crippen LogP contribution in [-0.2, 0) is 14.9 Å². The summed E-state index contributed by atoms with van der Waals surface area (Å²) in [7, 11) is -1.72. The SMILES string of the molecule is CCCCN(C)S(=O)(=O)N1CCOC(CN)C1. The minimum Gasteiger partial charge on any atom is -0.374 e. The highest BCUT2D eigenvalue weighted by molar-refractivity contribution is 7.86. The van der Waals surface area contributed by atoms with Crippen molar-refractivity contribution >= 4 is 10.2 Å². The van der Waals surface area contributed by atoms with Gasteiger partial charge in [0.05, 0.1) is 12.7 Å². The molecule has 102 valence electrons. The first-order chi connectivity index (χ1) is 8.02. The highest BCUT2D eigenvalue weighted by Gasteiger charge is 2.31. The summed E-state index contributed by atoms with van der Waals surface area (Å²) >= 11 is 0. The zero-order valence-corrected chi connectivity index (χ0v) is 11.4. The van der Waals surface area contributed by atoms with E-state index in [9.17, 15) is 8.42 Å². The summed E-state index contributed by atoms with van der Waals surface area (Å²) in [5, 5.41) is 0. The molecule has 1 saturated heterocycles. The molecule has 1 atom stereocenters. The molecule has 0 amide bonds. The molecule has 1 aliphatic rings. The van der Waals surface area contributed by atoms with Crippen LogP contribution in [0.25, 0.3) is 0 Å². The van der Waals surface area contributed by atoms with Crippen LogP contribution in [0.5, 0.6) is 0 Å². The third kappa shape index (κ3) is 3.89. The van der Waals surface area contributed by atoms with E-state index >= 15 is 0 Å². The summed E-state index contributed by atoms with van der Waals surface area (Å²) < 4.78 is 32.7. The summed E-state index contributed by atoms with van der Waals surface area (Å²) in [4.78, 5) is 0. The quantitative estimate of drug-likeness (QED) is 0.710. The van der Waals surface area contributed by atoms with Gasteiger partial charge in [-0.25, -0.2) is 0 Å². The van der Waals surface area contributed by atoms with Crippen molar-refractivity contribution in [2.24, 2.45) is 5.73 Å². The highest BCUT2D eigenvalue weighted by atomic mass is 32.2.